The number of hydrogen-bond acceptors (Lipinski definition) is 5. The minimum atomic E-state index is -0.593. The maximum absolute atomic E-state index is 13.2. The second kappa shape index (κ2) is 8.15. The first-order valence-electron chi connectivity index (χ1n) is 11.1. The fraction of sp³-hybridized carbons (Fsp3) is 0.609. The van der Waals surface area contributed by atoms with Gasteiger partial charge < -0.3 is 15.2 Å². The molecule has 8 heteroatoms. The molecule has 1 saturated heterocycles. The standard InChI is InChI=1S/C23H32N4O4/c1-14-17(8-5-15-9-11-31-12-10-15)20-26(13-23(2,3)4)21(29)18(22(30)27(20)25-14)19(28)24-16-6-7-16/h5,8,15-16,29H,6-7,9-13H2,1-4H3,(H,24,28)/b8-5+. The van der Waals surface area contributed by atoms with Gasteiger partial charge in [0.25, 0.3) is 11.5 Å². The van der Waals surface area contributed by atoms with E-state index in [0.717, 1.165) is 44.5 Å². The third-order valence-corrected chi connectivity index (χ3v) is 5.80. The Morgan fingerprint density at radius 1 is 1.26 bits per heavy atom. The lowest BCUT2D eigenvalue weighted by Gasteiger charge is -2.23. The van der Waals surface area contributed by atoms with E-state index >= 15 is 0 Å². The summed E-state index contributed by atoms with van der Waals surface area (Å²) in [6.45, 7) is 9.91. The molecule has 3 heterocycles. The van der Waals surface area contributed by atoms with Crippen molar-refractivity contribution in [2.75, 3.05) is 13.2 Å². The topological polar surface area (TPSA) is 97.9 Å². The van der Waals surface area contributed by atoms with Gasteiger partial charge in [0, 0.05) is 31.4 Å². The molecule has 8 nitrogen and oxygen atoms in total. The Kier molecular flexibility index (Phi) is 5.68. The summed E-state index contributed by atoms with van der Waals surface area (Å²) >= 11 is 0. The van der Waals surface area contributed by atoms with E-state index in [0.29, 0.717) is 23.8 Å². The summed E-state index contributed by atoms with van der Waals surface area (Å²) in [5.74, 6) is -0.434. The number of ether oxygens (including phenoxy) is 1. The maximum atomic E-state index is 13.2. The van der Waals surface area contributed by atoms with Gasteiger partial charge in [0.2, 0.25) is 5.88 Å². The molecule has 2 aromatic rings. The van der Waals surface area contributed by atoms with Crippen LogP contribution >= 0.6 is 0 Å². The van der Waals surface area contributed by atoms with Gasteiger partial charge in [0.15, 0.2) is 5.56 Å². The first-order valence-corrected chi connectivity index (χ1v) is 11.1. The van der Waals surface area contributed by atoms with Gasteiger partial charge in [-0.15, -0.1) is 0 Å². The minimum Gasteiger partial charge on any atom is -0.494 e. The number of amides is 1. The van der Waals surface area contributed by atoms with Crippen molar-refractivity contribution in [3.63, 3.8) is 0 Å². The lowest BCUT2D eigenvalue weighted by molar-refractivity contribution is 0.0787. The number of allylic oxidation sites excluding steroid dienone is 1. The second-order valence-corrected chi connectivity index (χ2v) is 9.94. The van der Waals surface area contributed by atoms with Gasteiger partial charge in [-0.25, -0.2) is 0 Å². The fourth-order valence-corrected chi connectivity index (χ4v) is 4.01. The van der Waals surface area contributed by atoms with Crippen molar-refractivity contribution in [1.29, 1.82) is 0 Å². The van der Waals surface area contributed by atoms with Crippen LogP contribution in [0.4, 0.5) is 0 Å². The van der Waals surface area contributed by atoms with Crippen LogP contribution in [0.3, 0.4) is 0 Å². The van der Waals surface area contributed by atoms with Crippen molar-refractivity contribution >= 4 is 17.6 Å². The Morgan fingerprint density at radius 3 is 2.55 bits per heavy atom. The Labute approximate surface area is 181 Å². The Balaban J connectivity index is 1.87. The van der Waals surface area contributed by atoms with Crippen LogP contribution in [0.15, 0.2) is 10.9 Å². The van der Waals surface area contributed by atoms with Crippen molar-refractivity contribution in [3.8, 4) is 5.88 Å². The third-order valence-electron chi connectivity index (χ3n) is 5.80. The molecule has 168 valence electrons. The summed E-state index contributed by atoms with van der Waals surface area (Å²) in [6.07, 6.45) is 7.85. The fourth-order valence-electron chi connectivity index (χ4n) is 4.01. The van der Waals surface area contributed by atoms with E-state index in [-0.39, 0.29) is 22.9 Å². The van der Waals surface area contributed by atoms with Crippen LogP contribution in [0, 0.1) is 18.3 Å². The number of nitrogens with one attached hydrogen (secondary N) is 1. The van der Waals surface area contributed by atoms with Crippen LogP contribution in [0.2, 0.25) is 0 Å². The maximum Gasteiger partial charge on any atom is 0.291 e. The number of aryl methyl sites for hydroxylation is 1. The summed E-state index contributed by atoms with van der Waals surface area (Å²) in [4.78, 5) is 26.0. The molecule has 1 saturated carbocycles. The van der Waals surface area contributed by atoms with Crippen molar-refractivity contribution in [3.05, 3.63) is 33.3 Å². The van der Waals surface area contributed by atoms with Crippen LogP contribution in [0.1, 0.15) is 68.1 Å². The van der Waals surface area contributed by atoms with Crippen molar-refractivity contribution in [2.45, 2.75) is 66.0 Å². The third kappa shape index (κ3) is 4.54. The number of carbonyl (C=O) groups excluding carboxylic acids is 1. The highest BCUT2D eigenvalue weighted by molar-refractivity contribution is 5.96. The first kappa shape index (κ1) is 21.6. The lowest BCUT2D eigenvalue weighted by Crippen LogP contribution is -2.35. The van der Waals surface area contributed by atoms with E-state index in [9.17, 15) is 14.7 Å². The summed E-state index contributed by atoms with van der Waals surface area (Å²) in [5, 5.41) is 18.4. The number of nitrogens with zero attached hydrogens (tertiary/aromatic N) is 3. The number of fused-ring (bicyclic) bond motifs is 1. The smallest absolute Gasteiger partial charge is 0.291 e. The molecule has 31 heavy (non-hydrogen) atoms. The minimum absolute atomic E-state index is 0.0791. The predicted octanol–water partition coefficient (Wildman–Crippen LogP) is 2.89. The zero-order valence-electron chi connectivity index (χ0n) is 18.8. The van der Waals surface area contributed by atoms with Crippen molar-refractivity contribution in [1.82, 2.24) is 19.5 Å². The quantitative estimate of drug-likeness (QED) is 0.763. The van der Waals surface area contributed by atoms with Crippen LogP contribution < -0.4 is 10.9 Å². The van der Waals surface area contributed by atoms with Gasteiger partial charge in [0.05, 0.1) is 5.69 Å². The Hall–Kier alpha value is -2.61. The van der Waals surface area contributed by atoms with Gasteiger partial charge in [-0.1, -0.05) is 32.9 Å². The Bertz CT molecular complexity index is 1080. The number of aromatic hydroxyl groups is 1. The molecule has 2 aromatic heterocycles. The van der Waals surface area contributed by atoms with Crippen molar-refractivity contribution in [2.24, 2.45) is 11.3 Å². The molecule has 0 bridgehead atoms. The molecule has 2 N–H and O–H groups in total. The van der Waals surface area contributed by atoms with Gasteiger partial charge in [-0.3, -0.25) is 14.2 Å². The molecule has 0 atom stereocenters. The highest BCUT2D eigenvalue weighted by Gasteiger charge is 2.31. The SMILES string of the molecule is Cc1nn2c(=O)c(C(=O)NC3CC3)c(O)n(CC(C)(C)C)c2c1/C=C/C1CCOCC1. The number of rotatable bonds is 5. The highest BCUT2D eigenvalue weighted by Crippen LogP contribution is 2.29. The zero-order valence-corrected chi connectivity index (χ0v) is 18.8. The van der Waals surface area contributed by atoms with E-state index in [2.05, 4.69) is 16.5 Å². The first-order chi connectivity index (χ1) is 14.7. The lowest BCUT2D eigenvalue weighted by atomic mass is 9.96. The predicted molar refractivity (Wildman–Crippen MR) is 118 cm³/mol. The van der Waals surface area contributed by atoms with E-state index < -0.39 is 11.5 Å². The summed E-state index contributed by atoms with van der Waals surface area (Å²) in [6, 6.07) is 0.0791. The summed E-state index contributed by atoms with van der Waals surface area (Å²) in [7, 11) is 0. The number of hydrogen-bond donors (Lipinski definition) is 2. The van der Waals surface area contributed by atoms with Gasteiger partial charge in [-0.05, 0) is 43.9 Å². The van der Waals surface area contributed by atoms with E-state index in [1.165, 1.54) is 4.52 Å². The molecule has 4 rings (SSSR count). The largest absolute Gasteiger partial charge is 0.494 e. The number of carbonyl (C=O) groups is 1. The molecular formula is C23H32N4O4. The molecule has 0 radical (unpaired) electrons. The highest BCUT2D eigenvalue weighted by atomic mass is 16.5. The monoisotopic (exact) mass is 428 g/mol. The Morgan fingerprint density at radius 2 is 1.94 bits per heavy atom. The van der Waals surface area contributed by atoms with Crippen LogP contribution in [-0.2, 0) is 11.3 Å². The van der Waals surface area contributed by atoms with Crippen LogP contribution in [0.5, 0.6) is 5.88 Å². The van der Waals surface area contributed by atoms with Gasteiger partial charge in [0.1, 0.15) is 5.65 Å². The molecule has 0 unspecified atom stereocenters. The van der Waals surface area contributed by atoms with Crippen LogP contribution in [0.25, 0.3) is 11.7 Å². The zero-order chi connectivity index (χ0) is 22.3. The number of aromatic nitrogens is 3. The van der Waals surface area contributed by atoms with Gasteiger partial charge >= 0.3 is 0 Å². The summed E-state index contributed by atoms with van der Waals surface area (Å²) in [5.41, 5.74) is 0.952. The summed E-state index contributed by atoms with van der Waals surface area (Å²) < 4.78 is 8.37. The molecule has 1 amide bonds. The van der Waals surface area contributed by atoms with E-state index in [1.807, 2.05) is 33.8 Å². The molecule has 2 aliphatic rings. The molecule has 1 aliphatic heterocycles. The average Bonchev–Trinajstić information content (AvgIpc) is 3.44. The molecule has 1 aliphatic carbocycles. The second-order valence-electron chi connectivity index (χ2n) is 9.94. The van der Waals surface area contributed by atoms with E-state index in [1.54, 1.807) is 4.57 Å². The van der Waals surface area contributed by atoms with Crippen molar-refractivity contribution < 1.29 is 14.6 Å². The van der Waals surface area contributed by atoms with E-state index in [4.69, 9.17) is 4.74 Å². The molecular weight excluding hydrogens is 396 g/mol. The average molecular weight is 429 g/mol. The van der Waals surface area contributed by atoms with Gasteiger partial charge in [-0.2, -0.15) is 9.61 Å². The normalized spacial score (nSPS) is 18.2. The molecule has 0 aromatic carbocycles. The molecule has 0 spiro atoms. The molecule has 2 fully saturated rings. The van der Waals surface area contributed by atoms with Crippen LogP contribution in [-0.4, -0.2) is 44.5 Å².